The molecule has 0 saturated carbocycles. The molecule has 5 nitrogen and oxygen atoms in total. The second-order valence-electron chi connectivity index (χ2n) is 7.70. The predicted octanol–water partition coefficient (Wildman–Crippen LogP) is 4.61. The van der Waals surface area contributed by atoms with E-state index >= 15 is 0 Å². The lowest BCUT2D eigenvalue weighted by atomic mass is 9.99. The minimum absolute atomic E-state index is 0.0142. The first-order valence-corrected chi connectivity index (χ1v) is 9.98. The van der Waals surface area contributed by atoms with Crippen molar-refractivity contribution in [2.75, 3.05) is 6.54 Å². The molecule has 4 aromatic rings. The monoisotopic (exact) mass is 392 g/mol. The number of aryl methyl sites for hydroxylation is 1. The molecule has 1 N–H and O–H groups in total. The second kappa shape index (κ2) is 7.16. The van der Waals surface area contributed by atoms with Gasteiger partial charge in [0.1, 0.15) is 0 Å². The number of nitriles is 1. The highest BCUT2D eigenvalue weighted by atomic mass is 16.2. The zero-order valence-electron chi connectivity index (χ0n) is 16.6. The maximum atomic E-state index is 13.0. The number of aromatic nitrogens is 2. The van der Waals surface area contributed by atoms with Gasteiger partial charge in [-0.2, -0.15) is 5.26 Å². The van der Waals surface area contributed by atoms with E-state index in [1.54, 1.807) is 6.20 Å². The Hall–Kier alpha value is -3.91. The fraction of sp³-hybridized carbons (Fsp3) is 0.160. The lowest BCUT2D eigenvalue weighted by Crippen LogP contribution is -2.35. The van der Waals surface area contributed by atoms with Gasteiger partial charge in [0.15, 0.2) is 0 Å². The van der Waals surface area contributed by atoms with Crippen LogP contribution in [0.3, 0.4) is 0 Å². The summed E-state index contributed by atoms with van der Waals surface area (Å²) in [4.78, 5) is 22.7. The van der Waals surface area contributed by atoms with Gasteiger partial charge in [0.25, 0.3) is 5.91 Å². The number of hydrogen-bond donors (Lipinski definition) is 1. The van der Waals surface area contributed by atoms with Crippen LogP contribution in [0.5, 0.6) is 0 Å². The van der Waals surface area contributed by atoms with Crippen molar-refractivity contribution >= 4 is 16.8 Å². The van der Waals surface area contributed by atoms with Crippen molar-refractivity contribution in [3.63, 3.8) is 0 Å². The summed E-state index contributed by atoms with van der Waals surface area (Å²) in [5.74, 6) is 0.0142. The van der Waals surface area contributed by atoms with Crippen LogP contribution >= 0.6 is 0 Å². The van der Waals surface area contributed by atoms with Gasteiger partial charge < -0.3 is 9.88 Å². The average Bonchev–Trinajstić information content (AvgIpc) is 3.16. The third-order valence-electron chi connectivity index (χ3n) is 5.75. The van der Waals surface area contributed by atoms with Crippen molar-refractivity contribution in [2.45, 2.75) is 19.9 Å². The Kier molecular flexibility index (Phi) is 4.33. The van der Waals surface area contributed by atoms with E-state index in [2.05, 4.69) is 34.2 Å². The molecule has 0 radical (unpaired) electrons. The maximum absolute atomic E-state index is 13.0. The van der Waals surface area contributed by atoms with Crippen molar-refractivity contribution in [2.24, 2.45) is 0 Å². The third-order valence-corrected chi connectivity index (χ3v) is 5.75. The number of aromatic amines is 1. The molecule has 0 unspecified atom stereocenters. The Morgan fingerprint density at radius 1 is 1.13 bits per heavy atom. The first-order chi connectivity index (χ1) is 14.6. The molecule has 0 bridgehead atoms. The van der Waals surface area contributed by atoms with Crippen LogP contribution in [0, 0.1) is 18.3 Å². The van der Waals surface area contributed by atoms with Crippen LogP contribution in [0.15, 0.2) is 60.8 Å². The van der Waals surface area contributed by atoms with Crippen molar-refractivity contribution in [1.82, 2.24) is 14.9 Å². The van der Waals surface area contributed by atoms with E-state index in [0.29, 0.717) is 24.2 Å². The van der Waals surface area contributed by atoms with Gasteiger partial charge in [-0.15, -0.1) is 0 Å². The van der Waals surface area contributed by atoms with Crippen molar-refractivity contribution in [3.05, 3.63) is 88.9 Å². The Labute approximate surface area is 174 Å². The Bertz CT molecular complexity index is 1310. The molecule has 2 aromatic carbocycles. The van der Waals surface area contributed by atoms with Gasteiger partial charge in [-0.05, 0) is 54.4 Å². The molecule has 146 valence electrons. The molecule has 3 heterocycles. The number of hydrogen-bond acceptors (Lipinski definition) is 3. The van der Waals surface area contributed by atoms with Gasteiger partial charge in [0.2, 0.25) is 0 Å². The Balaban J connectivity index is 1.50. The normalized spacial score (nSPS) is 13.1. The zero-order valence-corrected chi connectivity index (χ0v) is 16.6. The van der Waals surface area contributed by atoms with E-state index < -0.39 is 0 Å². The maximum Gasteiger partial charge on any atom is 0.255 e. The van der Waals surface area contributed by atoms with E-state index in [4.69, 9.17) is 0 Å². The Morgan fingerprint density at radius 3 is 2.80 bits per heavy atom. The lowest BCUT2D eigenvalue weighted by Gasteiger charge is -2.27. The zero-order chi connectivity index (χ0) is 20.7. The molecule has 1 aliphatic rings. The van der Waals surface area contributed by atoms with E-state index in [9.17, 15) is 10.1 Å². The second-order valence-corrected chi connectivity index (χ2v) is 7.70. The van der Waals surface area contributed by atoms with Gasteiger partial charge >= 0.3 is 0 Å². The van der Waals surface area contributed by atoms with Gasteiger partial charge in [0.05, 0.1) is 17.2 Å². The van der Waals surface area contributed by atoms with E-state index in [1.807, 2.05) is 48.2 Å². The average molecular weight is 392 g/mol. The molecule has 0 saturated heterocycles. The number of carbonyl (C=O) groups excluding carboxylic acids is 1. The summed E-state index contributed by atoms with van der Waals surface area (Å²) in [6.07, 6.45) is 2.46. The largest absolute Gasteiger partial charge is 0.358 e. The minimum atomic E-state index is 0.0142. The fourth-order valence-electron chi connectivity index (χ4n) is 4.11. The van der Waals surface area contributed by atoms with Crippen LogP contribution in [0.1, 0.15) is 32.9 Å². The van der Waals surface area contributed by atoms with E-state index in [1.165, 1.54) is 11.3 Å². The van der Waals surface area contributed by atoms with Crippen LogP contribution in [0.4, 0.5) is 0 Å². The highest BCUT2D eigenvalue weighted by Crippen LogP contribution is 2.32. The molecule has 0 spiro atoms. The van der Waals surface area contributed by atoms with Crippen molar-refractivity contribution < 1.29 is 4.79 Å². The molecule has 5 heteroatoms. The first-order valence-electron chi connectivity index (χ1n) is 9.98. The van der Waals surface area contributed by atoms with Crippen LogP contribution < -0.4 is 0 Å². The molecule has 0 fully saturated rings. The molecule has 1 amide bonds. The molecule has 5 rings (SSSR count). The number of nitrogens with one attached hydrogen (secondary N) is 1. The Morgan fingerprint density at radius 2 is 2.00 bits per heavy atom. The number of benzene rings is 2. The number of amides is 1. The van der Waals surface area contributed by atoms with Crippen molar-refractivity contribution in [3.8, 4) is 17.2 Å². The van der Waals surface area contributed by atoms with Gasteiger partial charge in [-0.3, -0.25) is 9.78 Å². The van der Waals surface area contributed by atoms with Crippen molar-refractivity contribution in [1.29, 1.82) is 5.26 Å². The standard InChI is InChI=1S/C25H20N4O/c1-16-5-6-20(14-27-16)25(30)29-10-9-24-22(15-29)21-12-19(7-8-23(21)28-24)18-4-2-3-17(11-18)13-26/h2-8,11-12,14,28H,9-10,15H2,1H3. The number of carbonyl (C=O) groups is 1. The molecule has 2 aromatic heterocycles. The first kappa shape index (κ1) is 18.1. The fourth-order valence-corrected chi connectivity index (χ4v) is 4.11. The SMILES string of the molecule is Cc1ccc(C(=O)N2CCc3[nH]c4ccc(-c5cccc(C#N)c5)cc4c3C2)cn1. The molecular weight excluding hydrogens is 372 g/mol. The van der Waals surface area contributed by atoms with E-state index in [-0.39, 0.29) is 5.91 Å². The molecule has 0 atom stereocenters. The number of rotatable bonds is 2. The highest BCUT2D eigenvalue weighted by molar-refractivity contribution is 5.95. The summed E-state index contributed by atoms with van der Waals surface area (Å²) in [7, 11) is 0. The molecular formula is C25H20N4O. The summed E-state index contributed by atoms with van der Waals surface area (Å²) < 4.78 is 0. The molecule has 30 heavy (non-hydrogen) atoms. The number of nitrogens with zero attached hydrogens (tertiary/aromatic N) is 3. The van der Waals surface area contributed by atoms with E-state index in [0.717, 1.165) is 34.1 Å². The topological polar surface area (TPSA) is 72.8 Å². The van der Waals surface area contributed by atoms with Gasteiger partial charge in [-0.1, -0.05) is 18.2 Å². The smallest absolute Gasteiger partial charge is 0.255 e. The minimum Gasteiger partial charge on any atom is -0.358 e. The van der Waals surface area contributed by atoms with Crippen LogP contribution in [0.25, 0.3) is 22.0 Å². The molecule has 0 aliphatic carbocycles. The highest BCUT2D eigenvalue weighted by Gasteiger charge is 2.25. The summed E-state index contributed by atoms with van der Waals surface area (Å²) in [6, 6.07) is 19.9. The van der Waals surface area contributed by atoms with Gasteiger partial charge in [0, 0.05) is 53.6 Å². The van der Waals surface area contributed by atoms with Gasteiger partial charge in [-0.25, -0.2) is 0 Å². The summed E-state index contributed by atoms with van der Waals surface area (Å²) in [6.45, 7) is 3.17. The lowest BCUT2D eigenvalue weighted by molar-refractivity contribution is 0.0734. The van der Waals surface area contributed by atoms with Crippen LogP contribution in [0.2, 0.25) is 0 Å². The molecule has 1 aliphatic heterocycles. The van der Waals surface area contributed by atoms with Crippen LogP contribution in [-0.4, -0.2) is 27.3 Å². The quantitative estimate of drug-likeness (QED) is 0.541. The third kappa shape index (κ3) is 3.13. The number of H-pyrrole nitrogens is 1. The number of fused-ring (bicyclic) bond motifs is 3. The van der Waals surface area contributed by atoms with Crippen LogP contribution in [-0.2, 0) is 13.0 Å². The number of pyridine rings is 1. The predicted molar refractivity (Wildman–Crippen MR) is 116 cm³/mol. The summed E-state index contributed by atoms with van der Waals surface area (Å²) >= 11 is 0. The summed E-state index contributed by atoms with van der Waals surface area (Å²) in [5, 5.41) is 10.3. The summed E-state index contributed by atoms with van der Waals surface area (Å²) in [5.41, 5.74) is 7.68.